The second-order valence-corrected chi connectivity index (χ2v) is 4.86. The highest BCUT2D eigenvalue weighted by molar-refractivity contribution is 5.96. The molecule has 4 heteroatoms. The first-order chi connectivity index (χ1) is 8.40. The SMILES string of the molecule is Cc1ccc(C(=O)N[C@H](CC(C)C)C(=O)O)cc1. The van der Waals surface area contributed by atoms with E-state index in [1.807, 2.05) is 32.9 Å². The summed E-state index contributed by atoms with van der Waals surface area (Å²) in [6.07, 6.45) is 0.424. The highest BCUT2D eigenvalue weighted by Crippen LogP contribution is 2.07. The molecule has 0 saturated carbocycles. The summed E-state index contributed by atoms with van der Waals surface area (Å²) in [5, 5.41) is 11.6. The van der Waals surface area contributed by atoms with Crippen molar-refractivity contribution in [3.8, 4) is 0 Å². The molecule has 1 aromatic rings. The Morgan fingerprint density at radius 3 is 2.22 bits per heavy atom. The van der Waals surface area contributed by atoms with Crippen molar-refractivity contribution in [3.05, 3.63) is 35.4 Å². The van der Waals surface area contributed by atoms with Crippen LogP contribution in [-0.4, -0.2) is 23.0 Å². The molecule has 0 aliphatic carbocycles. The molecule has 0 radical (unpaired) electrons. The minimum atomic E-state index is -0.996. The fraction of sp³-hybridized carbons (Fsp3) is 0.429. The first kappa shape index (κ1) is 14.2. The first-order valence-corrected chi connectivity index (χ1v) is 6.00. The molecule has 0 aliphatic heterocycles. The van der Waals surface area contributed by atoms with Crippen molar-refractivity contribution in [3.63, 3.8) is 0 Å². The van der Waals surface area contributed by atoms with E-state index in [1.165, 1.54) is 0 Å². The van der Waals surface area contributed by atoms with E-state index >= 15 is 0 Å². The third-order valence-electron chi connectivity index (χ3n) is 2.62. The Bertz CT molecular complexity index is 423. The van der Waals surface area contributed by atoms with Gasteiger partial charge < -0.3 is 10.4 Å². The van der Waals surface area contributed by atoms with Gasteiger partial charge in [-0.3, -0.25) is 4.79 Å². The number of carboxylic acid groups (broad SMARTS) is 1. The van der Waals surface area contributed by atoms with E-state index < -0.39 is 12.0 Å². The van der Waals surface area contributed by atoms with Crippen molar-refractivity contribution >= 4 is 11.9 Å². The van der Waals surface area contributed by atoms with Crippen LogP contribution in [0.25, 0.3) is 0 Å². The van der Waals surface area contributed by atoms with Gasteiger partial charge in [0.2, 0.25) is 0 Å². The number of nitrogens with one attached hydrogen (secondary N) is 1. The predicted molar refractivity (Wildman–Crippen MR) is 69.5 cm³/mol. The van der Waals surface area contributed by atoms with Crippen LogP contribution in [-0.2, 0) is 4.79 Å². The number of rotatable bonds is 5. The van der Waals surface area contributed by atoms with Crippen molar-refractivity contribution in [2.24, 2.45) is 5.92 Å². The third kappa shape index (κ3) is 4.20. The summed E-state index contributed by atoms with van der Waals surface area (Å²) in [6, 6.07) is 6.21. The lowest BCUT2D eigenvalue weighted by atomic mass is 10.0. The van der Waals surface area contributed by atoms with Gasteiger partial charge in [-0.25, -0.2) is 4.79 Å². The van der Waals surface area contributed by atoms with Crippen LogP contribution in [0, 0.1) is 12.8 Å². The summed E-state index contributed by atoms with van der Waals surface area (Å²) >= 11 is 0. The van der Waals surface area contributed by atoms with Crippen LogP contribution in [0.2, 0.25) is 0 Å². The smallest absolute Gasteiger partial charge is 0.326 e. The maximum absolute atomic E-state index is 11.9. The minimum absolute atomic E-state index is 0.212. The average molecular weight is 249 g/mol. The van der Waals surface area contributed by atoms with Crippen LogP contribution < -0.4 is 5.32 Å². The normalized spacial score (nSPS) is 12.2. The van der Waals surface area contributed by atoms with E-state index in [1.54, 1.807) is 12.1 Å². The molecule has 0 saturated heterocycles. The number of aryl methyl sites for hydroxylation is 1. The highest BCUT2D eigenvalue weighted by Gasteiger charge is 2.21. The first-order valence-electron chi connectivity index (χ1n) is 6.00. The summed E-state index contributed by atoms with van der Waals surface area (Å²) in [5.41, 5.74) is 1.54. The molecule has 0 aliphatic rings. The number of carboxylic acids is 1. The molecule has 1 rings (SSSR count). The monoisotopic (exact) mass is 249 g/mol. The van der Waals surface area contributed by atoms with Gasteiger partial charge in [0.1, 0.15) is 6.04 Å². The minimum Gasteiger partial charge on any atom is -0.480 e. The van der Waals surface area contributed by atoms with E-state index in [4.69, 9.17) is 5.11 Å². The van der Waals surface area contributed by atoms with Gasteiger partial charge in [0.05, 0.1) is 0 Å². The Labute approximate surface area is 107 Å². The molecule has 4 nitrogen and oxygen atoms in total. The maximum Gasteiger partial charge on any atom is 0.326 e. The molecule has 0 aromatic heterocycles. The molecule has 0 unspecified atom stereocenters. The number of hydrogen-bond donors (Lipinski definition) is 2. The Morgan fingerprint density at radius 1 is 1.22 bits per heavy atom. The summed E-state index contributed by atoms with van der Waals surface area (Å²) in [4.78, 5) is 22.9. The molecule has 18 heavy (non-hydrogen) atoms. The van der Waals surface area contributed by atoms with E-state index in [2.05, 4.69) is 5.32 Å². The molecule has 1 aromatic carbocycles. The zero-order valence-corrected chi connectivity index (χ0v) is 10.9. The van der Waals surface area contributed by atoms with Crippen molar-refractivity contribution < 1.29 is 14.7 Å². The van der Waals surface area contributed by atoms with Crippen LogP contribution in [0.5, 0.6) is 0 Å². The second-order valence-electron chi connectivity index (χ2n) is 4.86. The molecule has 0 spiro atoms. The fourth-order valence-electron chi connectivity index (χ4n) is 1.64. The van der Waals surface area contributed by atoms with Gasteiger partial charge in [-0.1, -0.05) is 31.5 Å². The standard InChI is InChI=1S/C14H19NO3/c1-9(2)8-12(14(17)18)15-13(16)11-6-4-10(3)5-7-11/h4-7,9,12H,8H2,1-3H3,(H,15,16)(H,17,18)/t12-/m1/s1. The van der Waals surface area contributed by atoms with Crippen molar-refractivity contribution in [2.45, 2.75) is 33.2 Å². The maximum atomic E-state index is 11.9. The summed E-state index contributed by atoms with van der Waals surface area (Å²) in [5.74, 6) is -1.13. The lowest BCUT2D eigenvalue weighted by Crippen LogP contribution is -2.41. The van der Waals surface area contributed by atoms with Crippen molar-refractivity contribution in [1.29, 1.82) is 0 Å². The molecule has 98 valence electrons. The van der Waals surface area contributed by atoms with Crippen LogP contribution in [0.4, 0.5) is 0 Å². The average Bonchev–Trinajstić information content (AvgIpc) is 2.28. The van der Waals surface area contributed by atoms with Crippen molar-refractivity contribution in [2.75, 3.05) is 0 Å². The topological polar surface area (TPSA) is 66.4 Å². The van der Waals surface area contributed by atoms with Crippen molar-refractivity contribution in [1.82, 2.24) is 5.32 Å². The molecule has 1 atom stereocenters. The number of carbonyl (C=O) groups excluding carboxylic acids is 1. The molecule has 1 amide bonds. The third-order valence-corrected chi connectivity index (χ3v) is 2.62. The van der Waals surface area contributed by atoms with Gasteiger partial charge in [-0.05, 0) is 31.4 Å². The molecule has 2 N–H and O–H groups in total. The molecule has 0 heterocycles. The Hall–Kier alpha value is -1.84. The largest absolute Gasteiger partial charge is 0.480 e. The summed E-state index contributed by atoms with van der Waals surface area (Å²) in [6.45, 7) is 5.78. The van der Waals surface area contributed by atoms with Gasteiger partial charge in [0, 0.05) is 5.56 Å². The summed E-state index contributed by atoms with van der Waals surface area (Å²) < 4.78 is 0. The Kier molecular flexibility index (Phi) is 4.89. The van der Waals surface area contributed by atoms with Gasteiger partial charge in [0.25, 0.3) is 5.91 Å². The number of benzene rings is 1. The molecule has 0 fully saturated rings. The lowest BCUT2D eigenvalue weighted by molar-refractivity contribution is -0.139. The number of amides is 1. The number of carbonyl (C=O) groups is 2. The zero-order chi connectivity index (χ0) is 13.7. The molecule has 0 bridgehead atoms. The van der Waals surface area contributed by atoms with Gasteiger partial charge >= 0.3 is 5.97 Å². The number of aliphatic carboxylic acids is 1. The lowest BCUT2D eigenvalue weighted by Gasteiger charge is -2.16. The quantitative estimate of drug-likeness (QED) is 0.841. The Balaban J connectivity index is 2.72. The van der Waals surface area contributed by atoms with E-state index in [9.17, 15) is 9.59 Å². The van der Waals surface area contributed by atoms with Crippen LogP contribution in [0.15, 0.2) is 24.3 Å². The van der Waals surface area contributed by atoms with Gasteiger partial charge in [0.15, 0.2) is 0 Å². The Morgan fingerprint density at radius 2 is 1.78 bits per heavy atom. The predicted octanol–water partition coefficient (Wildman–Crippen LogP) is 2.22. The van der Waals surface area contributed by atoms with Crippen LogP contribution >= 0.6 is 0 Å². The van der Waals surface area contributed by atoms with Gasteiger partial charge in [-0.15, -0.1) is 0 Å². The molecular weight excluding hydrogens is 230 g/mol. The van der Waals surface area contributed by atoms with Crippen LogP contribution in [0.3, 0.4) is 0 Å². The van der Waals surface area contributed by atoms with E-state index in [0.717, 1.165) is 5.56 Å². The zero-order valence-electron chi connectivity index (χ0n) is 10.9. The number of hydrogen-bond acceptors (Lipinski definition) is 2. The molecular formula is C14H19NO3. The highest BCUT2D eigenvalue weighted by atomic mass is 16.4. The van der Waals surface area contributed by atoms with E-state index in [0.29, 0.717) is 12.0 Å². The van der Waals surface area contributed by atoms with Gasteiger partial charge in [-0.2, -0.15) is 0 Å². The van der Waals surface area contributed by atoms with Crippen LogP contribution in [0.1, 0.15) is 36.2 Å². The fourth-order valence-corrected chi connectivity index (χ4v) is 1.64. The second kappa shape index (κ2) is 6.19. The summed E-state index contributed by atoms with van der Waals surface area (Å²) in [7, 11) is 0. The van der Waals surface area contributed by atoms with E-state index in [-0.39, 0.29) is 11.8 Å².